The third kappa shape index (κ3) is 8.99. The van der Waals surface area contributed by atoms with Gasteiger partial charge in [0, 0.05) is 53.0 Å². The van der Waals surface area contributed by atoms with Crippen molar-refractivity contribution in [1.29, 1.82) is 0 Å². The predicted molar refractivity (Wildman–Crippen MR) is 162 cm³/mol. The van der Waals surface area contributed by atoms with Crippen LogP contribution >= 0.6 is 35.0 Å². The second kappa shape index (κ2) is 13.9. The number of nitrogens with one attached hydrogen (secondary N) is 2. The maximum Gasteiger partial charge on any atom is 0.245 e. The van der Waals surface area contributed by atoms with Crippen molar-refractivity contribution in [2.45, 2.75) is 89.0 Å². The summed E-state index contributed by atoms with van der Waals surface area (Å²) in [6, 6.07) is 8.70. The number of halogens is 2. The molecule has 0 radical (unpaired) electrons. The summed E-state index contributed by atoms with van der Waals surface area (Å²) in [7, 11) is 0. The van der Waals surface area contributed by atoms with E-state index in [1.54, 1.807) is 30.2 Å². The molecule has 40 heavy (non-hydrogen) atoms. The number of pyridine rings is 1. The topological polar surface area (TPSA) is 85.2 Å². The van der Waals surface area contributed by atoms with Crippen LogP contribution in [0.2, 0.25) is 10.0 Å². The molecule has 7 nitrogen and oxygen atoms in total. The van der Waals surface area contributed by atoms with Crippen molar-refractivity contribution in [2.24, 2.45) is 0 Å². The zero-order valence-electron chi connectivity index (χ0n) is 24.1. The lowest BCUT2D eigenvalue weighted by molar-refractivity contribution is -0.131. The number of amides is 2. The van der Waals surface area contributed by atoms with E-state index in [1.165, 1.54) is 6.92 Å². The van der Waals surface area contributed by atoms with E-state index in [0.29, 0.717) is 23.1 Å². The van der Waals surface area contributed by atoms with Crippen LogP contribution in [0.25, 0.3) is 0 Å². The van der Waals surface area contributed by atoms with Gasteiger partial charge in [-0.05, 0) is 80.6 Å². The fourth-order valence-electron chi connectivity index (χ4n) is 4.33. The molecular formula is C30H38Cl2N4O3S. The normalized spacial score (nSPS) is 12.4. The molecule has 0 aliphatic rings. The number of hydrogen-bond acceptors (Lipinski definition) is 5. The van der Waals surface area contributed by atoms with E-state index >= 15 is 0 Å². The largest absolute Gasteiger partial charge is 0.373 e. The van der Waals surface area contributed by atoms with E-state index in [4.69, 9.17) is 27.9 Å². The Hall–Kier alpha value is -2.52. The fraction of sp³-hybridized carbons (Fsp3) is 0.433. The first-order chi connectivity index (χ1) is 18.7. The second-order valence-electron chi connectivity index (χ2n) is 11.0. The minimum Gasteiger partial charge on any atom is -0.373 e. The van der Waals surface area contributed by atoms with Crippen LogP contribution in [0.1, 0.15) is 69.8 Å². The van der Waals surface area contributed by atoms with Crippen LogP contribution in [0.3, 0.4) is 0 Å². The van der Waals surface area contributed by atoms with Gasteiger partial charge in [0.1, 0.15) is 6.04 Å². The highest BCUT2D eigenvalue weighted by Crippen LogP contribution is 2.41. The van der Waals surface area contributed by atoms with E-state index in [2.05, 4.69) is 41.0 Å². The highest BCUT2D eigenvalue weighted by atomic mass is 35.5. The zero-order chi connectivity index (χ0) is 29.6. The molecule has 0 aliphatic carbocycles. The molecule has 3 rings (SSSR count). The van der Waals surface area contributed by atoms with Gasteiger partial charge >= 0.3 is 0 Å². The van der Waals surface area contributed by atoms with Gasteiger partial charge in [-0.15, -0.1) is 0 Å². The van der Waals surface area contributed by atoms with Crippen LogP contribution in [0.15, 0.2) is 52.6 Å². The summed E-state index contributed by atoms with van der Waals surface area (Å²) in [5.74, 6) is -0.429. The lowest BCUT2D eigenvalue weighted by Crippen LogP contribution is -2.49. The van der Waals surface area contributed by atoms with Crippen LogP contribution in [0.5, 0.6) is 0 Å². The van der Waals surface area contributed by atoms with E-state index in [-0.39, 0.29) is 24.3 Å². The van der Waals surface area contributed by atoms with Crippen molar-refractivity contribution in [3.05, 3.63) is 75.2 Å². The second-order valence-corrected chi connectivity index (χ2v) is 12.9. The molecule has 0 saturated heterocycles. The molecule has 0 aliphatic heterocycles. The van der Waals surface area contributed by atoms with Crippen LogP contribution in [0, 0.1) is 6.92 Å². The first-order valence-corrected chi connectivity index (χ1v) is 14.8. The van der Waals surface area contributed by atoms with Crippen molar-refractivity contribution in [3.8, 4) is 0 Å². The number of carbonyl (C=O) groups is 2. The number of rotatable bonds is 11. The van der Waals surface area contributed by atoms with Crippen LogP contribution in [-0.2, 0) is 27.4 Å². The Balaban J connectivity index is 2.00. The molecule has 1 unspecified atom stereocenters. The highest BCUT2D eigenvalue weighted by molar-refractivity contribution is 7.99. The maximum absolute atomic E-state index is 13.3. The Kier molecular flexibility index (Phi) is 11.1. The quantitative estimate of drug-likeness (QED) is 0.252. The van der Waals surface area contributed by atoms with Crippen molar-refractivity contribution < 1.29 is 14.3 Å². The van der Waals surface area contributed by atoms with Gasteiger partial charge in [0.25, 0.3) is 0 Å². The monoisotopic (exact) mass is 604 g/mol. The van der Waals surface area contributed by atoms with E-state index < -0.39 is 11.6 Å². The van der Waals surface area contributed by atoms with Crippen LogP contribution in [-0.4, -0.2) is 39.6 Å². The Morgan fingerprint density at radius 1 is 1.10 bits per heavy atom. The number of benzene rings is 1. The van der Waals surface area contributed by atoms with Gasteiger partial charge in [0.05, 0.1) is 17.2 Å². The van der Waals surface area contributed by atoms with Gasteiger partial charge in [0.15, 0.2) is 0 Å². The predicted octanol–water partition coefficient (Wildman–Crippen LogP) is 6.76. The standard InChI is InChI=1S/C30H38Cl2N4O3S/c1-18(2)27-25(15-34-28(38)26(35-20(4)37)17-39-30(5,6)7)19(3)36(16-21-8-10-33-11-9-21)29(27)40-24-13-22(31)12-23(32)14-24/h8-14,18,26H,15-17H2,1-7H3,(H,34,38)(H,35,37). The third-order valence-electron chi connectivity index (χ3n) is 6.18. The molecule has 2 N–H and O–H groups in total. The summed E-state index contributed by atoms with van der Waals surface area (Å²) in [6.07, 6.45) is 3.56. The fourth-order valence-corrected chi connectivity index (χ4v) is 6.36. The first-order valence-electron chi connectivity index (χ1n) is 13.2. The Morgan fingerprint density at radius 2 is 1.73 bits per heavy atom. The molecule has 3 aromatic rings. The van der Waals surface area contributed by atoms with Gasteiger partial charge in [-0.2, -0.15) is 0 Å². The van der Waals surface area contributed by atoms with E-state index in [1.807, 2.05) is 45.0 Å². The molecule has 0 spiro atoms. The summed E-state index contributed by atoms with van der Waals surface area (Å²) in [6.45, 7) is 14.5. The van der Waals surface area contributed by atoms with Gasteiger partial charge in [0.2, 0.25) is 11.8 Å². The van der Waals surface area contributed by atoms with Crippen molar-refractivity contribution in [2.75, 3.05) is 6.61 Å². The molecule has 0 fully saturated rings. The van der Waals surface area contributed by atoms with Gasteiger partial charge in [-0.1, -0.05) is 48.8 Å². The van der Waals surface area contributed by atoms with Crippen LogP contribution in [0.4, 0.5) is 0 Å². The van der Waals surface area contributed by atoms with Crippen molar-refractivity contribution >= 4 is 46.8 Å². The lowest BCUT2D eigenvalue weighted by Gasteiger charge is -2.24. The van der Waals surface area contributed by atoms with Gasteiger partial charge in [-0.25, -0.2) is 0 Å². The minimum atomic E-state index is -0.805. The van der Waals surface area contributed by atoms with E-state index in [0.717, 1.165) is 32.3 Å². The number of hydrogen-bond donors (Lipinski definition) is 2. The summed E-state index contributed by atoms with van der Waals surface area (Å²) < 4.78 is 8.08. The lowest BCUT2D eigenvalue weighted by atomic mass is 10.0. The number of carbonyl (C=O) groups excluding carboxylic acids is 2. The molecule has 10 heteroatoms. The summed E-state index contributed by atoms with van der Waals surface area (Å²) in [5.41, 5.74) is 3.87. The number of ether oxygens (including phenoxy) is 1. The van der Waals surface area contributed by atoms with Gasteiger partial charge < -0.3 is 19.9 Å². The molecule has 216 valence electrons. The Labute approximate surface area is 251 Å². The molecule has 0 saturated carbocycles. The minimum absolute atomic E-state index is 0.0740. The smallest absolute Gasteiger partial charge is 0.245 e. The number of aromatic nitrogens is 2. The van der Waals surface area contributed by atoms with Crippen molar-refractivity contribution in [1.82, 2.24) is 20.2 Å². The first kappa shape index (κ1) is 32.0. The SMILES string of the molecule is CC(=O)NC(COC(C)(C)C)C(=O)NCc1c(C(C)C)c(Sc2cc(Cl)cc(Cl)c2)n(Cc2ccncc2)c1C. The summed E-state index contributed by atoms with van der Waals surface area (Å²) in [4.78, 5) is 30.2. The Bertz CT molecular complexity index is 1320. The summed E-state index contributed by atoms with van der Waals surface area (Å²) in [5, 5.41) is 7.97. The highest BCUT2D eigenvalue weighted by Gasteiger charge is 2.27. The molecule has 0 bridgehead atoms. The molecule has 1 atom stereocenters. The average molecular weight is 606 g/mol. The van der Waals surface area contributed by atoms with Gasteiger partial charge in [-0.3, -0.25) is 14.6 Å². The zero-order valence-corrected chi connectivity index (χ0v) is 26.4. The van der Waals surface area contributed by atoms with Crippen LogP contribution < -0.4 is 10.6 Å². The molecule has 2 heterocycles. The molecule has 1 aromatic carbocycles. The molecule has 2 amide bonds. The third-order valence-corrected chi connectivity index (χ3v) is 7.72. The molecular weight excluding hydrogens is 567 g/mol. The average Bonchev–Trinajstić information content (AvgIpc) is 3.10. The summed E-state index contributed by atoms with van der Waals surface area (Å²) >= 11 is 14.3. The number of nitrogens with zero attached hydrogens (tertiary/aromatic N) is 2. The Morgan fingerprint density at radius 3 is 2.27 bits per heavy atom. The van der Waals surface area contributed by atoms with Crippen molar-refractivity contribution in [3.63, 3.8) is 0 Å². The molecule has 2 aromatic heterocycles. The maximum atomic E-state index is 13.3. The van der Waals surface area contributed by atoms with E-state index in [9.17, 15) is 9.59 Å².